The van der Waals surface area contributed by atoms with Crippen molar-refractivity contribution in [1.29, 1.82) is 0 Å². The van der Waals surface area contributed by atoms with Crippen LogP contribution in [0.2, 0.25) is 0 Å². The van der Waals surface area contributed by atoms with E-state index in [0.29, 0.717) is 0 Å². The first-order valence-electron chi connectivity index (χ1n) is 5.66. The highest BCUT2D eigenvalue weighted by molar-refractivity contribution is 5.59. The molecule has 3 rings (SSSR count). The second-order valence-corrected chi connectivity index (χ2v) is 4.02. The van der Waals surface area contributed by atoms with Gasteiger partial charge >= 0.3 is 0 Å². The number of hydrogen-bond donors (Lipinski definition) is 0. The molecule has 16 heavy (non-hydrogen) atoms. The van der Waals surface area contributed by atoms with Crippen LogP contribution in [0.1, 0.15) is 12.8 Å². The minimum Gasteiger partial charge on any atom is -0.248 e. The quantitative estimate of drug-likeness (QED) is 0.698. The summed E-state index contributed by atoms with van der Waals surface area (Å²) in [4.78, 5) is 4.70. The van der Waals surface area contributed by atoms with E-state index in [1.807, 2.05) is 18.2 Å². The van der Waals surface area contributed by atoms with Crippen molar-refractivity contribution in [1.82, 2.24) is 4.98 Å². The fourth-order valence-corrected chi connectivity index (χ4v) is 2.05. The highest BCUT2D eigenvalue weighted by atomic mass is 14.7. The van der Waals surface area contributed by atoms with Crippen LogP contribution in [-0.4, -0.2) is 4.98 Å². The van der Waals surface area contributed by atoms with Crippen molar-refractivity contribution in [3.63, 3.8) is 0 Å². The monoisotopic (exact) mass is 207 g/mol. The summed E-state index contributed by atoms with van der Waals surface area (Å²) < 4.78 is 0. The summed E-state index contributed by atoms with van der Waals surface area (Å²) in [5.41, 5.74) is 2.25. The van der Waals surface area contributed by atoms with Crippen molar-refractivity contribution >= 4 is 12.2 Å². The molecule has 1 aliphatic carbocycles. The van der Waals surface area contributed by atoms with Crippen molar-refractivity contribution in [2.45, 2.75) is 12.8 Å². The summed E-state index contributed by atoms with van der Waals surface area (Å²) in [6, 6.07) is 14.6. The minimum absolute atomic E-state index is 1.06. The third-order valence-electron chi connectivity index (χ3n) is 2.90. The minimum atomic E-state index is 1.06. The summed E-state index contributed by atoms with van der Waals surface area (Å²) in [5, 5.41) is 2.40. The molecular formula is C15H13N. The van der Waals surface area contributed by atoms with Crippen molar-refractivity contribution in [3.8, 4) is 11.3 Å². The topological polar surface area (TPSA) is 12.9 Å². The van der Waals surface area contributed by atoms with Gasteiger partial charge in [-0.3, -0.25) is 0 Å². The van der Waals surface area contributed by atoms with E-state index in [0.717, 1.165) is 23.9 Å². The normalized spacial score (nSPS) is 13.5. The second-order valence-electron chi connectivity index (χ2n) is 4.02. The van der Waals surface area contributed by atoms with Gasteiger partial charge in [-0.05, 0) is 24.1 Å². The second kappa shape index (κ2) is 3.93. The molecule has 0 unspecified atom stereocenters. The number of aromatic nitrogens is 1. The fraction of sp³-hybridized carbons (Fsp3) is 0.133. The van der Waals surface area contributed by atoms with E-state index in [-0.39, 0.29) is 0 Å². The van der Waals surface area contributed by atoms with E-state index < -0.39 is 0 Å². The van der Waals surface area contributed by atoms with Gasteiger partial charge < -0.3 is 0 Å². The van der Waals surface area contributed by atoms with Gasteiger partial charge in [0.2, 0.25) is 0 Å². The van der Waals surface area contributed by atoms with E-state index in [1.54, 1.807) is 0 Å². The Morgan fingerprint density at radius 2 is 1.62 bits per heavy atom. The predicted octanol–water partition coefficient (Wildman–Crippen LogP) is 2.10. The predicted molar refractivity (Wildman–Crippen MR) is 67.1 cm³/mol. The Balaban J connectivity index is 2.19. The smallest absolute Gasteiger partial charge is 0.0709 e. The molecule has 2 aromatic rings. The zero-order valence-electron chi connectivity index (χ0n) is 9.06. The number of fused-ring (bicyclic) bond motifs is 1. The lowest BCUT2D eigenvalue weighted by Gasteiger charge is -2.03. The van der Waals surface area contributed by atoms with Gasteiger partial charge in [-0.25, -0.2) is 4.98 Å². The van der Waals surface area contributed by atoms with Crippen molar-refractivity contribution in [2.75, 3.05) is 0 Å². The standard InChI is InChI=1S/C15H13N/c1-2-6-12(7-3-1)15-11-10-13-8-4-5-9-14(13)16-15/h1-3,6-11H,4-5H2. The van der Waals surface area contributed by atoms with Gasteiger partial charge in [-0.15, -0.1) is 0 Å². The first-order valence-corrected chi connectivity index (χ1v) is 5.66. The van der Waals surface area contributed by atoms with Crippen LogP contribution in [-0.2, 0) is 0 Å². The molecular weight excluding hydrogens is 194 g/mol. The van der Waals surface area contributed by atoms with Crippen LogP contribution < -0.4 is 10.6 Å². The molecule has 78 valence electrons. The Kier molecular flexibility index (Phi) is 2.30. The van der Waals surface area contributed by atoms with Gasteiger partial charge in [0.05, 0.1) is 11.0 Å². The number of nitrogens with zero attached hydrogens (tertiary/aromatic N) is 1. The maximum Gasteiger partial charge on any atom is 0.0709 e. The molecule has 0 spiro atoms. The molecule has 1 nitrogen and oxygen atoms in total. The van der Waals surface area contributed by atoms with E-state index in [4.69, 9.17) is 4.98 Å². The lowest BCUT2D eigenvalue weighted by atomic mass is 10.1. The third kappa shape index (κ3) is 1.65. The molecule has 0 saturated heterocycles. The van der Waals surface area contributed by atoms with Gasteiger partial charge in [0.25, 0.3) is 0 Å². The summed E-state index contributed by atoms with van der Waals surface area (Å²) in [6.45, 7) is 0. The van der Waals surface area contributed by atoms with Crippen molar-refractivity contribution in [2.24, 2.45) is 0 Å². The molecule has 0 aliphatic heterocycles. The number of pyridine rings is 1. The maximum absolute atomic E-state index is 4.70. The zero-order chi connectivity index (χ0) is 10.8. The Morgan fingerprint density at radius 1 is 0.812 bits per heavy atom. The zero-order valence-corrected chi connectivity index (χ0v) is 9.06. The summed E-state index contributed by atoms with van der Waals surface area (Å²) in [5.74, 6) is 0. The average Bonchev–Trinajstić information content (AvgIpc) is 2.39. The number of hydrogen-bond acceptors (Lipinski definition) is 1. The Hall–Kier alpha value is -1.89. The van der Waals surface area contributed by atoms with Crippen molar-refractivity contribution < 1.29 is 0 Å². The van der Waals surface area contributed by atoms with Gasteiger partial charge in [0.1, 0.15) is 0 Å². The molecule has 0 fully saturated rings. The third-order valence-corrected chi connectivity index (χ3v) is 2.90. The van der Waals surface area contributed by atoms with Crippen LogP contribution >= 0.6 is 0 Å². The van der Waals surface area contributed by atoms with Crippen LogP contribution in [0.25, 0.3) is 23.4 Å². The molecule has 0 bridgehead atoms. The summed E-state index contributed by atoms with van der Waals surface area (Å²) in [6.07, 6.45) is 6.73. The molecule has 1 aromatic carbocycles. The average molecular weight is 207 g/mol. The first kappa shape index (κ1) is 9.34. The Morgan fingerprint density at radius 3 is 2.50 bits per heavy atom. The highest BCUT2D eigenvalue weighted by Crippen LogP contribution is 2.13. The van der Waals surface area contributed by atoms with E-state index in [2.05, 4.69) is 36.4 Å². The SMILES string of the molecule is C1=c2ccc(-c3ccccc3)nc2=CCC1. The van der Waals surface area contributed by atoms with Gasteiger partial charge in [-0.2, -0.15) is 0 Å². The molecule has 0 amide bonds. The lowest BCUT2D eigenvalue weighted by Crippen LogP contribution is -2.29. The molecule has 1 aromatic heterocycles. The molecule has 0 saturated carbocycles. The molecule has 1 heteroatoms. The highest BCUT2D eigenvalue weighted by Gasteiger charge is 1.99. The van der Waals surface area contributed by atoms with Crippen LogP contribution in [0, 0.1) is 0 Å². The van der Waals surface area contributed by atoms with Crippen LogP contribution in [0.5, 0.6) is 0 Å². The van der Waals surface area contributed by atoms with Crippen molar-refractivity contribution in [3.05, 3.63) is 53.0 Å². The summed E-state index contributed by atoms with van der Waals surface area (Å²) in [7, 11) is 0. The fourth-order valence-electron chi connectivity index (χ4n) is 2.05. The van der Waals surface area contributed by atoms with E-state index >= 15 is 0 Å². The Labute approximate surface area is 94.8 Å². The van der Waals surface area contributed by atoms with Gasteiger partial charge in [0, 0.05) is 5.56 Å². The van der Waals surface area contributed by atoms with E-state index in [1.165, 1.54) is 10.8 Å². The van der Waals surface area contributed by atoms with Crippen LogP contribution in [0.3, 0.4) is 0 Å². The largest absolute Gasteiger partial charge is 0.248 e. The lowest BCUT2D eigenvalue weighted by molar-refractivity contribution is 1.08. The summed E-state index contributed by atoms with van der Waals surface area (Å²) >= 11 is 0. The number of benzene rings is 1. The maximum atomic E-state index is 4.70. The Bertz CT molecular complexity index is 612. The molecule has 0 N–H and O–H groups in total. The van der Waals surface area contributed by atoms with Crippen LogP contribution in [0.4, 0.5) is 0 Å². The van der Waals surface area contributed by atoms with Gasteiger partial charge in [-0.1, -0.05) is 48.6 Å². The van der Waals surface area contributed by atoms with E-state index in [9.17, 15) is 0 Å². The molecule has 0 radical (unpaired) electrons. The number of rotatable bonds is 1. The van der Waals surface area contributed by atoms with Gasteiger partial charge in [0.15, 0.2) is 0 Å². The van der Waals surface area contributed by atoms with Crippen LogP contribution in [0.15, 0.2) is 42.5 Å². The molecule has 1 heterocycles. The molecule has 0 atom stereocenters. The first-order chi connectivity index (χ1) is 7.93. The molecule has 1 aliphatic rings.